The molecule has 0 aliphatic heterocycles. The molecule has 2 N–H and O–H groups in total. The molecule has 0 amide bonds. The van der Waals surface area contributed by atoms with Crippen LogP contribution in [0.2, 0.25) is 0 Å². The summed E-state index contributed by atoms with van der Waals surface area (Å²) in [7, 11) is 2.75. The Hall–Kier alpha value is -2.43. The van der Waals surface area contributed by atoms with Crippen molar-refractivity contribution in [3.05, 3.63) is 26.4 Å². The van der Waals surface area contributed by atoms with E-state index in [1.54, 1.807) is 11.6 Å². The van der Waals surface area contributed by atoms with Crippen molar-refractivity contribution in [2.45, 2.75) is 55.5 Å². The van der Waals surface area contributed by atoms with E-state index in [-0.39, 0.29) is 17.4 Å². The van der Waals surface area contributed by atoms with Gasteiger partial charge in [0.25, 0.3) is 5.56 Å². The van der Waals surface area contributed by atoms with Gasteiger partial charge in [-0.15, -0.1) is 5.10 Å². The van der Waals surface area contributed by atoms with E-state index >= 15 is 0 Å². The Labute approximate surface area is 159 Å². The highest BCUT2D eigenvalue weighted by molar-refractivity contribution is 8.00. The first-order valence-corrected chi connectivity index (χ1v) is 9.75. The summed E-state index contributed by atoms with van der Waals surface area (Å²) < 4.78 is 3.75. The molecule has 1 aliphatic rings. The molecule has 0 bridgehead atoms. The molecule has 11 heteroatoms. The normalized spacial score (nSPS) is 16.4. The van der Waals surface area contributed by atoms with Gasteiger partial charge in [-0.3, -0.25) is 18.7 Å². The number of nitrogens with zero attached hydrogens (tertiary/aromatic N) is 6. The van der Waals surface area contributed by atoms with Crippen LogP contribution in [-0.4, -0.2) is 40.4 Å². The summed E-state index contributed by atoms with van der Waals surface area (Å²) in [5, 5.41) is 11.8. The molecule has 0 radical (unpaired) electrons. The third kappa shape index (κ3) is 3.55. The Kier molecular flexibility index (Phi) is 5.49. The number of carbonyl (C=O) groups excluding carboxylic acids is 1. The molecular formula is C16H23N7O3S. The van der Waals surface area contributed by atoms with Gasteiger partial charge in [0.1, 0.15) is 11.4 Å². The van der Waals surface area contributed by atoms with Crippen LogP contribution in [0, 0.1) is 0 Å². The highest BCUT2D eigenvalue weighted by Gasteiger charge is 2.28. The van der Waals surface area contributed by atoms with Crippen LogP contribution in [0.25, 0.3) is 0 Å². The zero-order valence-electron chi connectivity index (χ0n) is 15.6. The summed E-state index contributed by atoms with van der Waals surface area (Å²) in [5.74, 6) is -0.584. The summed E-state index contributed by atoms with van der Waals surface area (Å²) in [6.07, 6.45) is 5.50. The van der Waals surface area contributed by atoms with Gasteiger partial charge in [0.05, 0.1) is 11.3 Å². The molecular weight excluding hydrogens is 370 g/mol. The maximum atomic E-state index is 12.9. The molecule has 1 fully saturated rings. The highest BCUT2D eigenvalue weighted by Crippen LogP contribution is 2.32. The van der Waals surface area contributed by atoms with Gasteiger partial charge in [-0.1, -0.05) is 31.0 Å². The van der Waals surface area contributed by atoms with Gasteiger partial charge < -0.3 is 5.73 Å². The third-order valence-electron chi connectivity index (χ3n) is 4.99. The predicted octanol–water partition coefficient (Wildman–Crippen LogP) is 0.521. The number of nitrogens with two attached hydrogens (primary N) is 1. The Bertz CT molecular complexity index is 971. The first-order chi connectivity index (χ1) is 12.8. The molecule has 27 heavy (non-hydrogen) atoms. The Morgan fingerprint density at radius 3 is 2.52 bits per heavy atom. The molecule has 2 aromatic rings. The van der Waals surface area contributed by atoms with E-state index in [0.29, 0.717) is 5.16 Å². The van der Waals surface area contributed by atoms with Gasteiger partial charge in [-0.05, 0) is 30.2 Å². The SMILES string of the molecule is CC(Sc1nnnn1C1CCCCC1)C(=O)c1c(N)n(C)c(=O)n(C)c1=O. The summed E-state index contributed by atoms with van der Waals surface area (Å²) in [6.45, 7) is 1.68. The van der Waals surface area contributed by atoms with E-state index in [9.17, 15) is 14.4 Å². The summed E-state index contributed by atoms with van der Waals surface area (Å²) >= 11 is 1.19. The summed E-state index contributed by atoms with van der Waals surface area (Å²) in [6, 6.07) is 0.231. The van der Waals surface area contributed by atoms with Gasteiger partial charge in [-0.2, -0.15) is 0 Å². The van der Waals surface area contributed by atoms with Crippen molar-refractivity contribution in [1.29, 1.82) is 0 Å². The van der Waals surface area contributed by atoms with Gasteiger partial charge >= 0.3 is 5.69 Å². The van der Waals surface area contributed by atoms with Gasteiger partial charge in [0, 0.05) is 14.1 Å². The lowest BCUT2D eigenvalue weighted by molar-refractivity contribution is 0.0992. The second-order valence-electron chi connectivity index (χ2n) is 6.79. The summed E-state index contributed by atoms with van der Waals surface area (Å²) in [5.41, 5.74) is 4.43. The first-order valence-electron chi connectivity index (χ1n) is 8.87. The van der Waals surface area contributed by atoms with Crippen molar-refractivity contribution < 1.29 is 4.79 Å². The minimum absolute atomic E-state index is 0.132. The molecule has 1 saturated carbocycles. The standard InChI is InChI=1S/C16H23N7O3S/c1-9(12(24)11-13(17)21(2)16(26)22(3)14(11)25)27-15-18-19-20-23(15)10-7-5-4-6-8-10/h9-10H,4-8,17H2,1-3H3. The number of tetrazole rings is 1. The van der Waals surface area contributed by atoms with Crippen molar-refractivity contribution >= 4 is 23.4 Å². The molecule has 10 nitrogen and oxygen atoms in total. The number of nitrogen functional groups attached to an aromatic ring is 1. The zero-order valence-corrected chi connectivity index (χ0v) is 16.4. The molecule has 1 unspecified atom stereocenters. The number of Topliss-reactive ketones (excluding diaryl/α,β-unsaturated/α-hetero) is 1. The maximum absolute atomic E-state index is 12.9. The van der Waals surface area contributed by atoms with Crippen LogP contribution in [-0.2, 0) is 14.1 Å². The lowest BCUT2D eigenvalue weighted by Gasteiger charge is -2.22. The van der Waals surface area contributed by atoms with Crippen LogP contribution in [0.5, 0.6) is 0 Å². The molecule has 1 aliphatic carbocycles. The van der Waals surface area contributed by atoms with Crippen molar-refractivity contribution in [1.82, 2.24) is 29.3 Å². The monoisotopic (exact) mass is 393 g/mol. The van der Waals surface area contributed by atoms with Crippen molar-refractivity contribution in [3.63, 3.8) is 0 Å². The second-order valence-corrected chi connectivity index (χ2v) is 8.10. The lowest BCUT2D eigenvalue weighted by atomic mass is 9.96. The average Bonchev–Trinajstić information content (AvgIpc) is 3.13. The number of hydrogen-bond donors (Lipinski definition) is 1. The van der Waals surface area contributed by atoms with Gasteiger partial charge in [0.15, 0.2) is 5.78 Å². The van der Waals surface area contributed by atoms with Crippen LogP contribution in [0.1, 0.15) is 55.4 Å². The van der Waals surface area contributed by atoms with Gasteiger partial charge in [-0.25, -0.2) is 9.48 Å². The maximum Gasteiger partial charge on any atom is 0.332 e. The first kappa shape index (κ1) is 19.3. The van der Waals surface area contributed by atoms with Crippen molar-refractivity contribution in [2.24, 2.45) is 14.1 Å². The molecule has 1 atom stereocenters. The van der Waals surface area contributed by atoms with E-state index in [1.807, 2.05) is 0 Å². The Morgan fingerprint density at radius 2 is 1.85 bits per heavy atom. The number of rotatable bonds is 5. The smallest absolute Gasteiger partial charge is 0.332 e. The van der Waals surface area contributed by atoms with Crippen LogP contribution in [0.3, 0.4) is 0 Å². The number of hydrogen-bond acceptors (Lipinski definition) is 8. The number of thioether (sulfide) groups is 1. The second kappa shape index (κ2) is 7.67. The van der Waals surface area contributed by atoms with E-state index < -0.39 is 22.3 Å². The van der Waals surface area contributed by atoms with E-state index in [1.165, 1.54) is 32.3 Å². The van der Waals surface area contributed by atoms with Crippen LogP contribution in [0.4, 0.5) is 5.82 Å². The molecule has 3 rings (SSSR count). The number of ketones is 1. The fourth-order valence-electron chi connectivity index (χ4n) is 3.32. The Balaban J connectivity index is 1.87. The van der Waals surface area contributed by atoms with E-state index in [0.717, 1.165) is 34.8 Å². The van der Waals surface area contributed by atoms with Crippen LogP contribution < -0.4 is 17.0 Å². The molecule has 146 valence electrons. The average molecular weight is 393 g/mol. The minimum atomic E-state index is -0.695. The molecule has 0 spiro atoms. The third-order valence-corrected chi connectivity index (χ3v) is 6.04. The number of carbonyl (C=O) groups is 1. The highest BCUT2D eigenvalue weighted by atomic mass is 32.2. The van der Waals surface area contributed by atoms with E-state index in [4.69, 9.17) is 5.73 Å². The fraction of sp³-hybridized carbons (Fsp3) is 0.625. The van der Waals surface area contributed by atoms with Crippen molar-refractivity contribution in [2.75, 3.05) is 5.73 Å². The Morgan fingerprint density at radius 1 is 1.19 bits per heavy atom. The minimum Gasteiger partial charge on any atom is -0.384 e. The summed E-state index contributed by atoms with van der Waals surface area (Å²) in [4.78, 5) is 37.3. The number of anilines is 1. The van der Waals surface area contributed by atoms with Gasteiger partial charge in [0.2, 0.25) is 5.16 Å². The molecule has 2 aromatic heterocycles. The van der Waals surface area contributed by atoms with Crippen LogP contribution >= 0.6 is 11.8 Å². The van der Waals surface area contributed by atoms with Crippen LogP contribution in [0.15, 0.2) is 14.7 Å². The predicted molar refractivity (Wildman–Crippen MR) is 101 cm³/mol. The van der Waals surface area contributed by atoms with Crippen molar-refractivity contribution in [3.8, 4) is 0 Å². The number of aromatic nitrogens is 6. The molecule has 2 heterocycles. The molecule has 0 saturated heterocycles. The lowest BCUT2D eigenvalue weighted by Crippen LogP contribution is -2.42. The molecule has 0 aromatic carbocycles. The quantitative estimate of drug-likeness (QED) is 0.575. The topological polar surface area (TPSA) is 131 Å². The zero-order chi connectivity index (χ0) is 19.7. The largest absolute Gasteiger partial charge is 0.384 e. The fourth-order valence-corrected chi connectivity index (χ4v) is 4.24. The van der Waals surface area contributed by atoms with E-state index in [2.05, 4.69) is 15.5 Å².